The zero-order chi connectivity index (χ0) is 30.9. The van der Waals surface area contributed by atoms with Crippen LogP contribution in [0.1, 0.15) is 44.2 Å². The fraction of sp³-hybridized carbons (Fsp3) is 0.355. The van der Waals surface area contributed by atoms with E-state index in [1.807, 2.05) is 13.8 Å². The van der Waals surface area contributed by atoms with Crippen LogP contribution in [-0.2, 0) is 26.2 Å². The van der Waals surface area contributed by atoms with E-state index in [4.69, 9.17) is 27.9 Å². The van der Waals surface area contributed by atoms with Crippen LogP contribution in [0.25, 0.3) is 0 Å². The quantitative estimate of drug-likeness (QED) is 0.212. The monoisotopic (exact) mass is 633 g/mol. The van der Waals surface area contributed by atoms with Crippen molar-refractivity contribution in [2.75, 3.05) is 24.5 Å². The highest BCUT2D eigenvalue weighted by molar-refractivity contribution is 7.92. The minimum atomic E-state index is -4.24. The molecule has 0 fully saturated rings. The van der Waals surface area contributed by atoms with Gasteiger partial charge < -0.3 is 15.0 Å². The molecule has 0 unspecified atom stereocenters. The molecule has 0 saturated carbocycles. The summed E-state index contributed by atoms with van der Waals surface area (Å²) >= 11 is 12.9. The van der Waals surface area contributed by atoms with Crippen molar-refractivity contribution in [2.24, 2.45) is 0 Å². The first-order valence-electron chi connectivity index (χ1n) is 13.8. The zero-order valence-corrected chi connectivity index (χ0v) is 26.6. The minimum absolute atomic E-state index is 0.00593. The van der Waals surface area contributed by atoms with Gasteiger partial charge in [-0.05, 0) is 61.7 Å². The highest BCUT2D eigenvalue weighted by atomic mass is 35.5. The van der Waals surface area contributed by atoms with Crippen molar-refractivity contribution in [2.45, 2.75) is 57.5 Å². The van der Waals surface area contributed by atoms with E-state index in [9.17, 15) is 18.0 Å². The molecule has 226 valence electrons. The van der Waals surface area contributed by atoms with E-state index < -0.39 is 28.5 Å². The number of benzene rings is 3. The summed E-state index contributed by atoms with van der Waals surface area (Å²) in [6.07, 6.45) is 1.95. The van der Waals surface area contributed by atoms with Gasteiger partial charge in [0.15, 0.2) is 0 Å². The van der Waals surface area contributed by atoms with Crippen molar-refractivity contribution in [3.8, 4) is 5.75 Å². The summed E-state index contributed by atoms with van der Waals surface area (Å²) < 4.78 is 34.7. The number of nitrogens with zero attached hydrogens (tertiary/aromatic N) is 2. The molecule has 11 heteroatoms. The number of unbranched alkanes of at least 4 members (excludes halogenated alkanes) is 1. The van der Waals surface area contributed by atoms with E-state index in [-0.39, 0.29) is 35.2 Å². The largest absolute Gasteiger partial charge is 0.495 e. The minimum Gasteiger partial charge on any atom is -0.495 e. The molecule has 0 aliphatic rings. The van der Waals surface area contributed by atoms with Gasteiger partial charge in [-0.3, -0.25) is 13.9 Å². The third-order valence-corrected chi connectivity index (χ3v) is 9.30. The van der Waals surface area contributed by atoms with Crippen LogP contribution in [-0.4, -0.2) is 51.4 Å². The number of methoxy groups -OCH3 is 1. The number of aryl methyl sites for hydroxylation is 1. The molecule has 1 N–H and O–H groups in total. The standard InChI is InChI=1S/C31H37Cl2N3O5S/c1-5-7-18-34-31(38)27(6-2)35(20-24-25(32)14-11-15-26(24)33)30(37)21-36(28-19-22(3)16-17-29(28)41-4)42(39,40)23-12-9-8-10-13-23/h8-17,19,27H,5-7,18,20-21H2,1-4H3,(H,34,38)/t27-/m0/s1. The molecule has 0 aromatic heterocycles. The van der Waals surface area contributed by atoms with Crippen molar-refractivity contribution >= 4 is 50.7 Å². The number of anilines is 1. The van der Waals surface area contributed by atoms with E-state index >= 15 is 0 Å². The Balaban J connectivity index is 2.13. The average molecular weight is 635 g/mol. The van der Waals surface area contributed by atoms with Crippen LogP contribution in [0.2, 0.25) is 10.0 Å². The van der Waals surface area contributed by atoms with Crippen LogP contribution < -0.4 is 14.4 Å². The van der Waals surface area contributed by atoms with Gasteiger partial charge in [-0.2, -0.15) is 0 Å². The smallest absolute Gasteiger partial charge is 0.264 e. The Bertz CT molecular complexity index is 1460. The summed E-state index contributed by atoms with van der Waals surface area (Å²) in [5.41, 5.74) is 1.43. The first-order chi connectivity index (χ1) is 20.0. The number of nitrogens with one attached hydrogen (secondary N) is 1. The van der Waals surface area contributed by atoms with Gasteiger partial charge in [-0.1, -0.05) is 73.8 Å². The molecule has 8 nitrogen and oxygen atoms in total. The number of hydrogen-bond donors (Lipinski definition) is 1. The van der Waals surface area contributed by atoms with Crippen LogP contribution in [0.3, 0.4) is 0 Å². The van der Waals surface area contributed by atoms with E-state index in [1.54, 1.807) is 61.5 Å². The maximum absolute atomic E-state index is 14.3. The van der Waals surface area contributed by atoms with Gasteiger partial charge in [0.2, 0.25) is 11.8 Å². The molecule has 0 bridgehead atoms. The third-order valence-electron chi connectivity index (χ3n) is 6.82. The predicted octanol–water partition coefficient (Wildman–Crippen LogP) is 6.23. The van der Waals surface area contributed by atoms with Crippen molar-refractivity contribution in [3.63, 3.8) is 0 Å². The second kappa shape index (κ2) is 15.3. The number of amides is 2. The molecular weight excluding hydrogens is 597 g/mol. The van der Waals surface area contributed by atoms with Crippen LogP contribution in [0.4, 0.5) is 5.69 Å². The Morgan fingerprint density at radius 1 is 0.976 bits per heavy atom. The lowest BCUT2D eigenvalue weighted by Gasteiger charge is -2.34. The maximum atomic E-state index is 14.3. The predicted molar refractivity (Wildman–Crippen MR) is 168 cm³/mol. The van der Waals surface area contributed by atoms with Gasteiger partial charge in [-0.15, -0.1) is 0 Å². The molecule has 3 aromatic rings. The van der Waals surface area contributed by atoms with Crippen LogP contribution in [0, 0.1) is 6.92 Å². The summed E-state index contributed by atoms with van der Waals surface area (Å²) in [4.78, 5) is 29.0. The fourth-order valence-electron chi connectivity index (χ4n) is 4.51. The number of sulfonamides is 1. The number of carbonyl (C=O) groups is 2. The number of rotatable bonds is 14. The molecule has 0 saturated heterocycles. The topological polar surface area (TPSA) is 96.0 Å². The molecule has 0 spiro atoms. The first-order valence-corrected chi connectivity index (χ1v) is 16.0. The molecule has 2 amide bonds. The summed E-state index contributed by atoms with van der Waals surface area (Å²) in [6.45, 7) is 5.38. The normalized spacial score (nSPS) is 12.0. The molecule has 0 radical (unpaired) electrons. The Kier molecular flexibility index (Phi) is 12.1. The van der Waals surface area contributed by atoms with Crippen LogP contribution in [0.5, 0.6) is 5.75 Å². The van der Waals surface area contributed by atoms with E-state index in [1.165, 1.54) is 24.1 Å². The van der Waals surface area contributed by atoms with Gasteiger partial charge in [0.25, 0.3) is 10.0 Å². The van der Waals surface area contributed by atoms with E-state index in [0.717, 1.165) is 22.7 Å². The van der Waals surface area contributed by atoms with Gasteiger partial charge >= 0.3 is 0 Å². The SMILES string of the molecule is CCCCNC(=O)[C@H](CC)N(Cc1c(Cl)cccc1Cl)C(=O)CN(c1cc(C)ccc1OC)S(=O)(=O)c1ccccc1. The molecule has 3 aromatic carbocycles. The molecule has 0 heterocycles. The van der Waals surface area contributed by atoms with Crippen molar-refractivity contribution < 1.29 is 22.7 Å². The van der Waals surface area contributed by atoms with E-state index in [0.29, 0.717) is 22.2 Å². The van der Waals surface area contributed by atoms with Crippen molar-refractivity contribution in [3.05, 3.63) is 87.9 Å². The second-order valence-corrected chi connectivity index (χ2v) is 12.5. The second-order valence-electron chi connectivity index (χ2n) is 9.79. The number of hydrogen-bond acceptors (Lipinski definition) is 5. The summed E-state index contributed by atoms with van der Waals surface area (Å²) in [5.74, 6) is -0.669. The van der Waals surface area contributed by atoms with Gasteiger partial charge in [0.1, 0.15) is 18.3 Å². The average Bonchev–Trinajstić information content (AvgIpc) is 2.97. The lowest BCUT2D eigenvalue weighted by atomic mass is 10.1. The molecule has 3 rings (SSSR count). The zero-order valence-electron chi connectivity index (χ0n) is 24.3. The molecule has 0 aliphatic carbocycles. The van der Waals surface area contributed by atoms with Crippen LogP contribution in [0.15, 0.2) is 71.6 Å². The van der Waals surface area contributed by atoms with Crippen molar-refractivity contribution in [1.29, 1.82) is 0 Å². The summed E-state index contributed by atoms with van der Waals surface area (Å²) in [5, 5.41) is 3.56. The number of halogens is 2. The lowest BCUT2D eigenvalue weighted by molar-refractivity contribution is -0.140. The summed E-state index contributed by atoms with van der Waals surface area (Å²) in [7, 11) is -2.81. The Morgan fingerprint density at radius 2 is 1.64 bits per heavy atom. The summed E-state index contributed by atoms with van der Waals surface area (Å²) in [6, 6.07) is 17.0. The maximum Gasteiger partial charge on any atom is 0.264 e. The van der Waals surface area contributed by atoms with Gasteiger partial charge in [0.05, 0.1) is 17.7 Å². The third kappa shape index (κ3) is 7.96. The first kappa shape index (κ1) is 33.2. The molecule has 0 aliphatic heterocycles. The molecule has 42 heavy (non-hydrogen) atoms. The van der Waals surface area contributed by atoms with Gasteiger partial charge in [-0.25, -0.2) is 8.42 Å². The lowest BCUT2D eigenvalue weighted by Crippen LogP contribution is -2.52. The number of ether oxygens (including phenoxy) is 1. The van der Waals surface area contributed by atoms with Gasteiger partial charge in [0, 0.05) is 28.7 Å². The van der Waals surface area contributed by atoms with Crippen molar-refractivity contribution in [1.82, 2.24) is 10.2 Å². The highest BCUT2D eigenvalue weighted by Crippen LogP contribution is 2.34. The molecular formula is C31H37Cl2N3O5S. The Hall–Kier alpha value is -3.27. The van der Waals surface area contributed by atoms with Crippen LogP contribution >= 0.6 is 23.2 Å². The Morgan fingerprint density at radius 3 is 2.24 bits per heavy atom. The Labute approximate surface area is 258 Å². The molecule has 1 atom stereocenters. The highest BCUT2D eigenvalue weighted by Gasteiger charge is 2.35. The fourth-order valence-corrected chi connectivity index (χ4v) is 6.46. The number of carbonyl (C=O) groups excluding carboxylic acids is 2. The van der Waals surface area contributed by atoms with E-state index in [2.05, 4.69) is 5.32 Å².